The average Bonchev–Trinajstić information content (AvgIpc) is 2.70. The Morgan fingerprint density at radius 1 is 1.21 bits per heavy atom. The Morgan fingerprint density at radius 3 is 2.45 bits per heavy atom. The van der Waals surface area contributed by atoms with Crippen molar-refractivity contribution in [2.24, 2.45) is 17.6 Å². The SMILES string of the molecule is Cc1ccc(-c2c(CN)c(CC(C)C)nc(C)c2NC(=O)C2CCOCC2)cc1. The smallest absolute Gasteiger partial charge is 0.227 e. The number of ether oxygens (including phenoxy) is 1. The van der Waals surface area contributed by atoms with Crippen molar-refractivity contribution in [3.05, 3.63) is 46.8 Å². The molecule has 0 aliphatic carbocycles. The molecule has 5 nitrogen and oxygen atoms in total. The van der Waals surface area contributed by atoms with Gasteiger partial charge in [0.15, 0.2) is 0 Å². The highest BCUT2D eigenvalue weighted by Gasteiger charge is 2.25. The number of pyridine rings is 1. The van der Waals surface area contributed by atoms with Crippen LogP contribution in [0, 0.1) is 25.7 Å². The number of carbonyl (C=O) groups excluding carboxylic acids is 1. The van der Waals surface area contributed by atoms with E-state index in [0.29, 0.717) is 25.7 Å². The lowest BCUT2D eigenvalue weighted by Crippen LogP contribution is -2.29. The molecule has 1 aromatic heterocycles. The Hall–Kier alpha value is -2.24. The molecule has 0 radical (unpaired) electrons. The number of hydrogen-bond donors (Lipinski definition) is 2. The van der Waals surface area contributed by atoms with Gasteiger partial charge in [-0.15, -0.1) is 0 Å². The fourth-order valence-corrected chi connectivity index (χ4v) is 3.95. The minimum atomic E-state index is -0.0225. The number of aromatic nitrogens is 1. The summed E-state index contributed by atoms with van der Waals surface area (Å²) in [7, 11) is 0. The van der Waals surface area contributed by atoms with Crippen molar-refractivity contribution in [3.63, 3.8) is 0 Å². The molecule has 0 atom stereocenters. The Labute approximate surface area is 174 Å². The van der Waals surface area contributed by atoms with Gasteiger partial charge in [-0.3, -0.25) is 9.78 Å². The number of aryl methyl sites for hydroxylation is 2. The van der Waals surface area contributed by atoms with Crippen LogP contribution in [0.5, 0.6) is 0 Å². The summed E-state index contributed by atoms with van der Waals surface area (Å²) in [5.74, 6) is 0.498. The summed E-state index contributed by atoms with van der Waals surface area (Å²) in [6, 6.07) is 8.40. The predicted octanol–water partition coefficient (Wildman–Crippen LogP) is 4.39. The average molecular weight is 396 g/mol. The van der Waals surface area contributed by atoms with Crippen molar-refractivity contribution in [1.82, 2.24) is 4.98 Å². The molecular weight excluding hydrogens is 362 g/mol. The first kappa shape index (κ1) is 21.5. The van der Waals surface area contributed by atoms with Crippen LogP contribution < -0.4 is 11.1 Å². The van der Waals surface area contributed by atoms with E-state index in [0.717, 1.165) is 53.0 Å². The quantitative estimate of drug-likeness (QED) is 0.760. The second-order valence-electron chi connectivity index (χ2n) is 8.42. The molecule has 1 aliphatic heterocycles. The standard InChI is InChI=1S/C24H33N3O2/c1-15(2)13-21-20(14-25)22(18-7-5-16(3)6-8-18)23(17(4)26-21)27-24(28)19-9-11-29-12-10-19/h5-8,15,19H,9-14,25H2,1-4H3,(H,27,28). The highest BCUT2D eigenvalue weighted by molar-refractivity contribution is 5.98. The number of nitrogens with zero attached hydrogens (tertiary/aromatic N) is 1. The van der Waals surface area contributed by atoms with Crippen molar-refractivity contribution < 1.29 is 9.53 Å². The van der Waals surface area contributed by atoms with Gasteiger partial charge in [0.2, 0.25) is 5.91 Å². The van der Waals surface area contributed by atoms with Gasteiger partial charge in [0, 0.05) is 36.9 Å². The lowest BCUT2D eigenvalue weighted by molar-refractivity contribution is -0.122. The van der Waals surface area contributed by atoms with Crippen molar-refractivity contribution in [2.45, 2.75) is 53.5 Å². The Kier molecular flexibility index (Phi) is 7.04. The van der Waals surface area contributed by atoms with E-state index in [-0.39, 0.29) is 11.8 Å². The number of rotatable bonds is 6. The van der Waals surface area contributed by atoms with E-state index in [1.807, 2.05) is 6.92 Å². The molecule has 156 valence electrons. The zero-order chi connectivity index (χ0) is 21.0. The summed E-state index contributed by atoms with van der Waals surface area (Å²) >= 11 is 0. The van der Waals surface area contributed by atoms with E-state index in [9.17, 15) is 4.79 Å². The van der Waals surface area contributed by atoms with Crippen molar-refractivity contribution in [3.8, 4) is 11.1 Å². The van der Waals surface area contributed by atoms with Crippen LogP contribution in [-0.2, 0) is 22.5 Å². The maximum atomic E-state index is 13.0. The van der Waals surface area contributed by atoms with Crippen LogP contribution in [0.4, 0.5) is 5.69 Å². The molecule has 0 spiro atoms. The maximum Gasteiger partial charge on any atom is 0.227 e. The van der Waals surface area contributed by atoms with E-state index in [1.54, 1.807) is 0 Å². The fraction of sp³-hybridized carbons (Fsp3) is 0.500. The van der Waals surface area contributed by atoms with Gasteiger partial charge < -0.3 is 15.8 Å². The van der Waals surface area contributed by atoms with Gasteiger partial charge in [-0.1, -0.05) is 43.7 Å². The Balaban J connectivity index is 2.10. The normalized spacial score (nSPS) is 15.0. The second kappa shape index (κ2) is 9.51. The summed E-state index contributed by atoms with van der Waals surface area (Å²) in [4.78, 5) is 17.9. The van der Waals surface area contributed by atoms with Crippen LogP contribution in [0.2, 0.25) is 0 Å². The molecule has 1 fully saturated rings. The molecule has 2 heterocycles. The third-order valence-corrected chi connectivity index (χ3v) is 5.55. The van der Waals surface area contributed by atoms with Crippen molar-refractivity contribution >= 4 is 11.6 Å². The van der Waals surface area contributed by atoms with E-state index in [1.165, 1.54) is 5.56 Å². The summed E-state index contributed by atoms with van der Waals surface area (Å²) in [6.07, 6.45) is 2.38. The molecule has 1 amide bonds. The molecule has 1 aromatic carbocycles. The monoisotopic (exact) mass is 395 g/mol. The largest absolute Gasteiger partial charge is 0.381 e. The fourth-order valence-electron chi connectivity index (χ4n) is 3.95. The van der Waals surface area contributed by atoms with Gasteiger partial charge in [-0.25, -0.2) is 0 Å². The van der Waals surface area contributed by atoms with E-state index in [2.05, 4.69) is 50.4 Å². The first-order valence-electron chi connectivity index (χ1n) is 10.6. The molecule has 3 rings (SSSR count). The molecule has 0 saturated carbocycles. The first-order chi connectivity index (χ1) is 13.9. The minimum Gasteiger partial charge on any atom is -0.381 e. The molecule has 5 heteroatoms. The number of nitrogens with two attached hydrogens (primary N) is 1. The first-order valence-corrected chi connectivity index (χ1v) is 10.6. The van der Waals surface area contributed by atoms with E-state index < -0.39 is 0 Å². The number of carbonyl (C=O) groups is 1. The third-order valence-electron chi connectivity index (χ3n) is 5.55. The lowest BCUT2D eigenvalue weighted by Gasteiger charge is -2.25. The van der Waals surface area contributed by atoms with Gasteiger partial charge in [0.05, 0.1) is 11.4 Å². The number of hydrogen-bond acceptors (Lipinski definition) is 4. The van der Waals surface area contributed by atoms with Gasteiger partial charge in [-0.2, -0.15) is 0 Å². The molecular formula is C24H33N3O2. The van der Waals surface area contributed by atoms with Gasteiger partial charge in [0.25, 0.3) is 0 Å². The van der Waals surface area contributed by atoms with Crippen LogP contribution in [0.15, 0.2) is 24.3 Å². The molecule has 3 N–H and O–H groups in total. The summed E-state index contributed by atoms with van der Waals surface area (Å²) in [5.41, 5.74) is 13.2. The van der Waals surface area contributed by atoms with E-state index >= 15 is 0 Å². The molecule has 29 heavy (non-hydrogen) atoms. The van der Waals surface area contributed by atoms with Crippen LogP contribution in [0.1, 0.15) is 49.2 Å². The van der Waals surface area contributed by atoms with Gasteiger partial charge in [0.1, 0.15) is 0 Å². The molecule has 0 bridgehead atoms. The van der Waals surface area contributed by atoms with Crippen LogP contribution >= 0.6 is 0 Å². The van der Waals surface area contributed by atoms with Gasteiger partial charge in [-0.05, 0) is 50.2 Å². The third kappa shape index (κ3) is 5.03. The number of benzene rings is 1. The summed E-state index contributed by atoms with van der Waals surface area (Å²) in [5, 5.41) is 3.20. The summed E-state index contributed by atoms with van der Waals surface area (Å²) in [6.45, 7) is 10.1. The second-order valence-corrected chi connectivity index (χ2v) is 8.42. The van der Waals surface area contributed by atoms with Crippen LogP contribution in [0.25, 0.3) is 11.1 Å². The van der Waals surface area contributed by atoms with Crippen molar-refractivity contribution in [1.29, 1.82) is 0 Å². The Morgan fingerprint density at radius 2 is 1.86 bits per heavy atom. The number of amides is 1. The van der Waals surface area contributed by atoms with Gasteiger partial charge >= 0.3 is 0 Å². The van der Waals surface area contributed by atoms with E-state index in [4.69, 9.17) is 15.5 Å². The number of nitrogens with one attached hydrogen (secondary N) is 1. The summed E-state index contributed by atoms with van der Waals surface area (Å²) < 4.78 is 5.41. The number of anilines is 1. The zero-order valence-electron chi connectivity index (χ0n) is 18.0. The van der Waals surface area contributed by atoms with Crippen LogP contribution in [-0.4, -0.2) is 24.1 Å². The molecule has 2 aromatic rings. The van der Waals surface area contributed by atoms with Crippen molar-refractivity contribution in [2.75, 3.05) is 18.5 Å². The highest BCUT2D eigenvalue weighted by atomic mass is 16.5. The zero-order valence-corrected chi connectivity index (χ0v) is 18.0. The predicted molar refractivity (Wildman–Crippen MR) is 118 cm³/mol. The molecule has 1 aliphatic rings. The van der Waals surface area contributed by atoms with Crippen LogP contribution in [0.3, 0.4) is 0 Å². The lowest BCUT2D eigenvalue weighted by atomic mass is 9.91. The molecule has 0 unspecified atom stereocenters. The molecule has 1 saturated heterocycles. The Bertz CT molecular complexity index is 853. The topological polar surface area (TPSA) is 77.2 Å². The minimum absolute atomic E-state index is 0.0225. The maximum absolute atomic E-state index is 13.0. The highest BCUT2D eigenvalue weighted by Crippen LogP contribution is 2.36.